The zero-order valence-electron chi connectivity index (χ0n) is 11.6. The molecule has 0 spiro atoms. The fraction of sp³-hybridized carbons (Fsp3) is 0.500. The molecule has 1 heterocycles. The zero-order valence-corrected chi connectivity index (χ0v) is 11.6. The molecule has 21 heavy (non-hydrogen) atoms. The van der Waals surface area contributed by atoms with Gasteiger partial charge in [-0.3, -0.25) is 4.79 Å². The van der Waals surface area contributed by atoms with Crippen molar-refractivity contribution >= 4 is 5.91 Å². The topological polar surface area (TPSA) is 29.5 Å². The van der Waals surface area contributed by atoms with Crippen LogP contribution >= 0.6 is 0 Å². The van der Waals surface area contributed by atoms with Crippen molar-refractivity contribution in [1.82, 2.24) is 4.90 Å². The number of ether oxygens (including phenoxy) is 1. The van der Waals surface area contributed by atoms with E-state index in [1.807, 2.05) is 0 Å². The summed E-state index contributed by atoms with van der Waals surface area (Å²) in [7, 11) is 0. The first-order valence-corrected chi connectivity index (χ1v) is 6.49. The van der Waals surface area contributed by atoms with Crippen LogP contribution < -0.4 is 0 Å². The molecule has 0 aromatic heterocycles. The Bertz CT molecular complexity index is 544. The van der Waals surface area contributed by atoms with Crippen LogP contribution in [0, 0.1) is 5.82 Å². The largest absolute Gasteiger partial charge is 0.416 e. The number of benzene rings is 1. The summed E-state index contributed by atoms with van der Waals surface area (Å²) < 4.78 is 57.1. The Morgan fingerprint density at radius 2 is 2.00 bits per heavy atom. The Kier molecular flexibility index (Phi) is 4.22. The molecule has 0 N–H and O–H groups in total. The molecule has 0 aliphatic carbocycles. The number of morpholine rings is 1. The lowest BCUT2D eigenvalue weighted by molar-refractivity contribution is -0.137. The van der Waals surface area contributed by atoms with E-state index in [1.54, 1.807) is 13.8 Å². The molecular weight excluding hydrogens is 290 g/mol. The molecule has 2 rings (SSSR count). The maximum absolute atomic E-state index is 13.7. The number of hydrogen-bond acceptors (Lipinski definition) is 2. The standard InChI is InChI=1S/C14H15F4NO2/c1-8-7-21-9(2)6-19(8)13(20)11-5-10(14(16,17)18)3-4-12(11)15/h3-5,8-9H,6-7H2,1-2H3. The fourth-order valence-electron chi connectivity index (χ4n) is 2.21. The van der Waals surface area contributed by atoms with Crippen molar-refractivity contribution in [3.05, 3.63) is 35.1 Å². The van der Waals surface area contributed by atoms with Gasteiger partial charge in [-0.2, -0.15) is 13.2 Å². The lowest BCUT2D eigenvalue weighted by atomic mass is 10.1. The van der Waals surface area contributed by atoms with E-state index in [2.05, 4.69) is 0 Å². The van der Waals surface area contributed by atoms with Gasteiger partial charge in [-0.1, -0.05) is 0 Å². The molecule has 0 saturated carbocycles. The number of nitrogens with zero attached hydrogens (tertiary/aromatic N) is 1. The molecule has 2 atom stereocenters. The van der Waals surface area contributed by atoms with Gasteiger partial charge in [0, 0.05) is 6.54 Å². The van der Waals surface area contributed by atoms with Gasteiger partial charge in [-0.15, -0.1) is 0 Å². The van der Waals surface area contributed by atoms with Crippen molar-refractivity contribution in [3.8, 4) is 0 Å². The van der Waals surface area contributed by atoms with E-state index >= 15 is 0 Å². The third-order valence-electron chi connectivity index (χ3n) is 3.39. The molecular formula is C14H15F4NO2. The van der Waals surface area contributed by atoms with Crippen LogP contribution in [0.1, 0.15) is 29.8 Å². The summed E-state index contributed by atoms with van der Waals surface area (Å²) in [4.78, 5) is 13.7. The third kappa shape index (κ3) is 3.34. The van der Waals surface area contributed by atoms with Crippen molar-refractivity contribution in [2.45, 2.75) is 32.2 Å². The summed E-state index contributed by atoms with van der Waals surface area (Å²) >= 11 is 0. The first kappa shape index (κ1) is 15.8. The van der Waals surface area contributed by atoms with E-state index in [4.69, 9.17) is 4.74 Å². The van der Waals surface area contributed by atoms with Crippen molar-refractivity contribution in [2.75, 3.05) is 13.2 Å². The molecule has 1 aromatic carbocycles. The predicted molar refractivity (Wildman–Crippen MR) is 67.3 cm³/mol. The van der Waals surface area contributed by atoms with E-state index < -0.39 is 29.0 Å². The lowest BCUT2D eigenvalue weighted by Gasteiger charge is -2.37. The lowest BCUT2D eigenvalue weighted by Crippen LogP contribution is -2.50. The molecule has 1 aliphatic rings. The van der Waals surface area contributed by atoms with Gasteiger partial charge < -0.3 is 9.64 Å². The van der Waals surface area contributed by atoms with E-state index in [1.165, 1.54) is 4.90 Å². The second-order valence-electron chi connectivity index (χ2n) is 5.14. The second-order valence-corrected chi connectivity index (χ2v) is 5.14. The van der Waals surface area contributed by atoms with E-state index in [-0.39, 0.29) is 25.3 Å². The Morgan fingerprint density at radius 1 is 1.33 bits per heavy atom. The highest BCUT2D eigenvalue weighted by Crippen LogP contribution is 2.31. The SMILES string of the molecule is CC1CN(C(=O)c2cc(C(F)(F)F)ccc2F)C(C)CO1. The molecule has 2 unspecified atom stereocenters. The predicted octanol–water partition coefficient (Wildman–Crippen LogP) is 3.09. The normalized spacial score (nSPS) is 23.2. The zero-order chi connectivity index (χ0) is 15.8. The maximum atomic E-state index is 13.7. The third-order valence-corrected chi connectivity index (χ3v) is 3.39. The van der Waals surface area contributed by atoms with Crippen LogP contribution in [0.25, 0.3) is 0 Å². The smallest absolute Gasteiger partial charge is 0.375 e. The number of carbonyl (C=O) groups excluding carboxylic acids is 1. The van der Waals surface area contributed by atoms with Crippen LogP contribution in [0.4, 0.5) is 17.6 Å². The summed E-state index contributed by atoms with van der Waals surface area (Å²) in [6.07, 6.45) is -4.86. The van der Waals surface area contributed by atoms with Crippen molar-refractivity contribution in [2.24, 2.45) is 0 Å². The monoisotopic (exact) mass is 305 g/mol. The molecule has 1 aliphatic heterocycles. The average molecular weight is 305 g/mol. The van der Waals surface area contributed by atoms with Gasteiger partial charge in [0.25, 0.3) is 5.91 Å². The maximum Gasteiger partial charge on any atom is 0.416 e. The highest BCUT2D eigenvalue weighted by Gasteiger charge is 2.34. The summed E-state index contributed by atoms with van der Waals surface area (Å²) in [5.74, 6) is -1.71. The van der Waals surface area contributed by atoms with Crippen LogP contribution in [0.2, 0.25) is 0 Å². The first-order valence-electron chi connectivity index (χ1n) is 6.49. The van der Waals surface area contributed by atoms with Gasteiger partial charge in [0.2, 0.25) is 0 Å². The molecule has 7 heteroatoms. The number of alkyl halides is 3. The molecule has 1 saturated heterocycles. The van der Waals surface area contributed by atoms with Gasteiger partial charge in [-0.25, -0.2) is 4.39 Å². The van der Waals surface area contributed by atoms with Crippen molar-refractivity contribution in [3.63, 3.8) is 0 Å². The minimum absolute atomic E-state index is 0.218. The van der Waals surface area contributed by atoms with Gasteiger partial charge >= 0.3 is 6.18 Å². The van der Waals surface area contributed by atoms with Gasteiger partial charge in [0.1, 0.15) is 5.82 Å². The molecule has 1 aromatic rings. The van der Waals surface area contributed by atoms with E-state index in [9.17, 15) is 22.4 Å². The number of carbonyl (C=O) groups is 1. The van der Waals surface area contributed by atoms with Crippen LogP contribution in [-0.4, -0.2) is 36.1 Å². The Labute approximate surface area is 119 Å². The quantitative estimate of drug-likeness (QED) is 0.746. The van der Waals surface area contributed by atoms with Gasteiger partial charge in [-0.05, 0) is 32.0 Å². The van der Waals surface area contributed by atoms with Crippen LogP contribution in [0.3, 0.4) is 0 Å². The number of rotatable bonds is 1. The molecule has 1 fully saturated rings. The molecule has 1 amide bonds. The summed E-state index contributed by atoms with van der Waals surface area (Å²) in [6, 6.07) is 1.54. The Hall–Kier alpha value is -1.63. The molecule has 0 bridgehead atoms. The molecule has 3 nitrogen and oxygen atoms in total. The van der Waals surface area contributed by atoms with E-state index in [0.29, 0.717) is 18.2 Å². The first-order chi connectivity index (χ1) is 9.70. The molecule has 0 radical (unpaired) electrons. The number of hydrogen-bond donors (Lipinski definition) is 0. The summed E-state index contributed by atoms with van der Waals surface area (Å²) in [5, 5.41) is 0. The summed E-state index contributed by atoms with van der Waals surface area (Å²) in [6.45, 7) is 3.94. The fourth-order valence-corrected chi connectivity index (χ4v) is 2.21. The van der Waals surface area contributed by atoms with Gasteiger partial charge in [0.05, 0.1) is 29.9 Å². The Balaban J connectivity index is 2.34. The number of amides is 1. The highest BCUT2D eigenvalue weighted by molar-refractivity contribution is 5.95. The van der Waals surface area contributed by atoms with Crippen molar-refractivity contribution in [1.29, 1.82) is 0 Å². The average Bonchev–Trinajstić information content (AvgIpc) is 2.40. The minimum atomic E-state index is -4.62. The van der Waals surface area contributed by atoms with Crippen LogP contribution in [-0.2, 0) is 10.9 Å². The Morgan fingerprint density at radius 3 is 2.62 bits per heavy atom. The van der Waals surface area contributed by atoms with Crippen LogP contribution in [0.15, 0.2) is 18.2 Å². The van der Waals surface area contributed by atoms with Gasteiger partial charge in [0.15, 0.2) is 0 Å². The highest BCUT2D eigenvalue weighted by atomic mass is 19.4. The summed E-state index contributed by atoms with van der Waals surface area (Å²) in [5.41, 5.74) is -1.60. The second kappa shape index (κ2) is 5.63. The van der Waals surface area contributed by atoms with Crippen molar-refractivity contribution < 1.29 is 27.1 Å². The van der Waals surface area contributed by atoms with Crippen LogP contribution in [0.5, 0.6) is 0 Å². The number of halogens is 4. The van der Waals surface area contributed by atoms with E-state index in [0.717, 1.165) is 0 Å². The molecule has 116 valence electrons. The minimum Gasteiger partial charge on any atom is -0.375 e.